The van der Waals surface area contributed by atoms with Gasteiger partial charge in [0.2, 0.25) is 0 Å². The number of nitrogens with one attached hydrogen (secondary N) is 4. The molecule has 0 aliphatic carbocycles. The van der Waals surface area contributed by atoms with E-state index in [9.17, 15) is 16.8 Å². The second kappa shape index (κ2) is 5.58. The standard InChI is InChI=1S/C2H8N4O4S2.2CH4/c7-11(8)3-1-4-12(9,10)6-2-5-11;;/h3-6H,1-2H2;2*1H4. The fourth-order valence-corrected chi connectivity index (χ4v) is 1.98. The van der Waals surface area contributed by atoms with Crippen LogP contribution < -0.4 is 18.9 Å². The molecule has 1 heterocycles. The minimum atomic E-state index is -3.58. The zero-order chi connectivity index (χ0) is 9.24. The monoisotopic (exact) mass is 248 g/mol. The zero-order valence-electron chi connectivity index (χ0n) is 5.86. The first kappa shape index (κ1) is 16.2. The zero-order valence-corrected chi connectivity index (χ0v) is 7.50. The molecule has 0 saturated carbocycles. The van der Waals surface area contributed by atoms with Crippen LogP contribution in [0.3, 0.4) is 0 Å². The molecule has 10 heteroatoms. The van der Waals surface area contributed by atoms with E-state index < -0.39 is 20.4 Å². The van der Waals surface area contributed by atoms with E-state index in [1.165, 1.54) is 0 Å². The van der Waals surface area contributed by atoms with Crippen LogP contribution in [0.1, 0.15) is 14.9 Å². The summed E-state index contributed by atoms with van der Waals surface area (Å²) in [7, 11) is -7.16. The maximum atomic E-state index is 10.7. The Morgan fingerprint density at radius 3 is 1.07 bits per heavy atom. The molecule has 4 N–H and O–H groups in total. The summed E-state index contributed by atoms with van der Waals surface area (Å²) in [5.41, 5.74) is 0. The van der Waals surface area contributed by atoms with Gasteiger partial charge in [-0.2, -0.15) is 35.7 Å². The van der Waals surface area contributed by atoms with E-state index in [2.05, 4.69) is 0 Å². The summed E-state index contributed by atoms with van der Waals surface area (Å²) in [6.07, 6.45) is 0. The normalized spacial score (nSPS) is 24.6. The Kier molecular flexibility index (Phi) is 6.45. The highest BCUT2D eigenvalue weighted by atomic mass is 32.2. The Hall–Kier alpha value is -0.260. The van der Waals surface area contributed by atoms with E-state index in [1.807, 2.05) is 18.9 Å². The molecule has 1 aliphatic rings. The lowest BCUT2D eigenvalue weighted by atomic mass is 11.3. The first-order valence-electron chi connectivity index (χ1n) is 2.90. The van der Waals surface area contributed by atoms with Gasteiger partial charge in [-0.3, -0.25) is 0 Å². The third kappa shape index (κ3) is 5.47. The van der Waals surface area contributed by atoms with Gasteiger partial charge in [0.1, 0.15) is 0 Å². The van der Waals surface area contributed by atoms with Crippen molar-refractivity contribution in [3.63, 3.8) is 0 Å². The molecular formula is C4H16N4O4S2. The number of hydrogen-bond acceptors (Lipinski definition) is 4. The van der Waals surface area contributed by atoms with Crippen LogP contribution in [0.4, 0.5) is 0 Å². The molecule has 0 unspecified atom stereocenters. The number of hydrogen-bond donors (Lipinski definition) is 4. The first-order valence-corrected chi connectivity index (χ1v) is 5.86. The van der Waals surface area contributed by atoms with Gasteiger partial charge in [-0.25, -0.2) is 0 Å². The lowest BCUT2D eigenvalue weighted by Crippen LogP contribution is -2.53. The van der Waals surface area contributed by atoms with Gasteiger partial charge >= 0.3 is 0 Å². The van der Waals surface area contributed by atoms with Crippen LogP contribution >= 0.6 is 0 Å². The predicted molar refractivity (Wildman–Crippen MR) is 53.6 cm³/mol. The molecule has 0 aromatic heterocycles. The highest BCUT2D eigenvalue weighted by Crippen LogP contribution is 1.80. The van der Waals surface area contributed by atoms with Crippen molar-refractivity contribution in [1.82, 2.24) is 18.9 Å². The van der Waals surface area contributed by atoms with Gasteiger partial charge in [-0.05, 0) is 0 Å². The van der Waals surface area contributed by atoms with E-state index in [-0.39, 0.29) is 28.2 Å². The van der Waals surface area contributed by atoms with Gasteiger partial charge in [-0.15, -0.1) is 0 Å². The van der Waals surface area contributed by atoms with Crippen molar-refractivity contribution in [3.8, 4) is 0 Å². The molecule has 0 aromatic rings. The van der Waals surface area contributed by atoms with E-state index in [1.54, 1.807) is 0 Å². The largest absolute Gasteiger partial charge is 0.279 e. The van der Waals surface area contributed by atoms with Crippen molar-refractivity contribution >= 4 is 20.4 Å². The molecule has 14 heavy (non-hydrogen) atoms. The molecule has 0 radical (unpaired) electrons. The first-order chi connectivity index (χ1) is 5.41. The second-order valence-corrected chi connectivity index (χ2v) is 5.11. The Bertz CT molecular complexity index is 292. The Balaban J connectivity index is 0. The average Bonchev–Trinajstić information content (AvgIpc) is 1.82. The molecule has 0 amide bonds. The fourth-order valence-electron chi connectivity index (χ4n) is 0.541. The van der Waals surface area contributed by atoms with E-state index in [4.69, 9.17) is 0 Å². The molecule has 0 atom stereocenters. The predicted octanol–water partition coefficient (Wildman–Crippen LogP) is -1.96. The summed E-state index contributed by atoms with van der Waals surface area (Å²) in [5, 5.41) is 0. The van der Waals surface area contributed by atoms with E-state index >= 15 is 0 Å². The van der Waals surface area contributed by atoms with Crippen LogP contribution in [0.2, 0.25) is 0 Å². The van der Waals surface area contributed by atoms with Crippen LogP contribution in [0.15, 0.2) is 0 Å². The molecule has 1 fully saturated rings. The summed E-state index contributed by atoms with van der Waals surface area (Å²) in [5.74, 6) is 0. The van der Waals surface area contributed by atoms with Gasteiger partial charge in [0.15, 0.2) is 0 Å². The van der Waals surface area contributed by atoms with Gasteiger partial charge in [0.25, 0.3) is 20.4 Å². The second-order valence-electron chi connectivity index (χ2n) is 1.94. The van der Waals surface area contributed by atoms with Crippen LogP contribution in [0.5, 0.6) is 0 Å². The minimum Gasteiger partial charge on any atom is -0.195 e. The lowest BCUT2D eigenvalue weighted by molar-refractivity contribution is 0.538. The summed E-state index contributed by atoms with van der Waals surface area (Å²) in [6.45, 7) is -0.741. The fraction of sp³-hybridized carbons (Fsp3) is 1.00. The summed E-state index contributed by atoms with van der Waals surface area (Å²) in [4.78, 5) is 0. The molecule has 8 nitrogen and oxygen atoms in total. The molecule has 1 saturated heterocycles. The van der Waals surface area contributed by atoms with Crippen LogP contribution in [0, 0.1) is 0 Å². The Labute approximate surface area is 84.8 Å². The van der Waals surface area contributed by atoms with Gasteiger partial charge in [0.05, 0.1) is 13.3 Å². The molecule has 0 bridgehead atoms. The van der Waals surface area contributed by atoms with Crippen LogP contribution in [0.25, 0.3) is 0 Å². The smallest absolute Gasteiger partial charge is 0.195 e. The van der Waals surface area contributed by atoms with Gasteiger partial charge < -0.3 is 0 Å². The summed E-state index contributed by atoms with van der Waals surface area (Å²) in [6, 6.07) is 0. The summed E-state index contributed by atoms with van der Waals surface area (Å²) >= 11 is 0. The van der Waals surface area contributed by atoms with E-state index in [0.717, 1.165) is 0 Å². The molecule has 1 rings (SSSR count). The quantitative estimate of drug-likeness (QED) is 0.398. The molecule has 1 aliphatic heterocycles. The molecule has 0 aromatic carbocycles. The average molecular weight is 248 g/mol. The third-order valence-corrected chi connectivity index (χ3v) is 3.15. The van der Waals surface area contributed by atoms with Crippen molar-refractivity contribution in [1.29, 1.82) is 0 Å². The van der Waals surface area contributed by atoms with Crippen LogP contribution in [-0.2, 0) is 20.4 Å². The van der Waals surface area contributed by atoms with Gasteiger partial charge in [0, 0.05) is 0 Å². The van der Waals surface area contributed by atoms with Crippen LogP contribution in [-0.4, -0.2) is 30.2 Å². The molecule has 88 valence electrons. The van der Waals surface area contributed by atoms with Crippen molar-refractivity contribution in [2.45, 2.75) is 14.9 Å². The van der Waals surface area contributed by atoms with Crippen molar-refractivity contribution in [2.75, 3.05) is 13.3 Å². The summed E-state index contributed by atoms with van der Waals surface area (Å²) < 4.78 is 50.7. The highest BCUT2D eigenvalue weighted by molar-refractivity contribution is 7.88. The topological polar surface area (TPSA) is 116 Å². The van der Waals surface area contributed by atoms with E-state index in [0.29, 0.717) is 0 Å². The minimum absolute atomic E-state index is 0. The highest BCUT2D eigenvalue weighted by Gasteiger charge is 2.16. The third-order valence-electron chi connectivity index (χ3n) is 1.05. The maximum Gasteiger partial charge on any atom is 0.279 e. The Morgan fingerprint density at radius 2 is 0.857 bits per heavy atom. The van der Waals surface area contributed by atoms with Crippen molar-refractivity contribution < 1.29 is 16.8 Å². The van der Waals surface area contributed by atoms with Crippen molar-refractivity contribution in [3.05, 3.63) is 0 Å². The Morgan fingerprint density at radius 1 is 0.643 bits per heavy atom. The number of rotatable bonds is 0. The molecular weight excluding hydrogens is 232 g/mol. The van der Waals surface area contributed by atoms with Crippen molar-refractivity contribution in [2.24, 2.45) is 0 Å². The molecule has 0 spiro atoms. The SMILES string of the molecule is C.C.O=S1(=O)NCNS(=O)(=O)NCN1. The lowest BCUT2D eigenvalue weighted by Gasteiger charge is -2.14. The maximum absolute atomic E-state index is 10.7. The van der Waals surface area contributed by atoms with Gasteiger partial charge in [-0.1, -0.05) is 14.9 Å².